The van der Waals surface area contributed by atoms with Crippen LogP contribution >= 0.6 is 15.9 Å². The van der Waals surface area contributed by atoms with Gasteiger partial charge >= 0.3 is 0 Å². The summed E-state index contributed by atoms with van der Waals surface area (Å²) in [7, 11) is 0. The predicted octanol–water partition coefficient (Wildman–Crippen LogP) is 2.11. The zero-order valence-electron chi connectivity index (χ0n) is 7.47. The van der Waals surface area contributed by atoms with Gasteiger partial charge in [-0.1, -0.05) is 6.07 Å². The van der Waals surface area contributed by atoms with E-state index in [1.165, 1.54) is 13.0 Å². The SMILES string of the molecule is C[C@H](O)[C@@H](N)c1ccc(F)c(F)c1Br. The number of benzene rings is 1. The number of rotatable bonds is 2. The molecule has 5 heteroatoms. The number of halogens is 3. The summed E-state index contributed by atoms with van der Waals surface area (Å²) >= 11 is 2.89. The largest absolute Gasteiger partial charge is 0.391 e. The first kappa shape index (κ1) is 11.6. The molecule has 0 aliphatic heterocycles. The summed E-state index contributed by atoms with van der Waals surface area (Å²) in [6, 6.07) is 1.59. The second kappa shape index (κ2) is 4.33. The van der Waals surface area contributed by atoms with E-state index >= 15 is 0 Å². The molecule has 2 nitrogen and oxygen atoms in total. The van der Waals surface area contributed by atoms with Crippen LogP contribution in [0.15, 0.2) is 16.6 Å². The molecule has 0 radical (unpaired) electrons. The molecule has 0 aliphatic carbocycles. The van der Waals surface area contributed by atoms with E-state index in [9.17, 15) is 13.9 Å². The number of aliphatic hydroxyl groups is 1. The number of hydrogen-bond donors (Lipinski definition) is 2. The summed E-state index contributed by atoms with van der Waals surface area (Å²) in [5.41, 5.74) is 5.93. The Bertz CT molecular complexity index is 344. The molecule has 14 heavy (non-hydrogen) atoms. The average molecular weight is 266 g/mol. The Kier molecular flexibility index (Phi) is 3.58. The van der Waals surface area contributed by atoms with Gasteiger partial charge in [0.2, 0.25) is 0 Å². The third-order valence-corrected chi connectivity index (χ3v) is 2.75. The third-order valence-electron chi connectivity index (χ3n) is 1.94. The Morgan fingerprint density at radius 1 is 1.43 bits per heavy atom. The van der Waals surface area contributed by atoms with Gasteiger partial charge in [0.05, 0.1) is 16.6 Å². The predicted molar refractivity (Wildman–Crippen MR) is 52.7 cm³/mol. The monoisotopic (exact) mass is 265 g/mol. The van der Waals surface area contributed by atoms with E-state index in [0.717, 1.165) is 6.07 Å². The highest BCUT2D eigenvalue weighted by atomic mass is 79.9. The highest BCUT2D eigenvalue weighted by molar-refractivity contribution is 9.10. The molecule has 0 spiro atoms. The van der Waals surface area contributed by atoms with Gasteiger partial charge in [-0.25, -0.2) is 8.78 Å². The molecule has 0 fully saturated rings. The lowest BCUT2D eigenvalue weighted by Crippen LogP contribution is -2.23. The maximum absolute atomic E-state index is 13.1. The molecule has 0 saturated carbocycles. The minimum Gasteiger partial charge on any atom is -0.391 e. The Balaban J connectivity index is 3.17. The van der Waals surface area contributed by atoms with Crippen molar-refractivity contribution in [3.05, 3.63) is 33.8 Å². The summed E-state index contributed by atoms with van der Waals surface area (Å²) in [5.74, 6) is -1.93. The van der Waals surface area contributed by atoms with Crippen LogP contribution in [0.2, 0.25) is 0 Å². The second-order valence-electron chi connectivity index (χ2n) is 3.03. The fourth-order valence-corrected chi connectivity index (χ4v) is 1.64. The van der Waals surface area contributed by atoms with Crippen molar-refractivity contribution in [1.82, 2.24) is 0 Å². The van der Waals surface area contributed by atoms with Gasteiger partial charge in [0, 0.05) is 0 Å². The Morgan fingerprint density at radius 2 is 2.00 bits per heavy atom. The fourth-order valence-electron chi connectivity index (χ4n) is 1.06. The summed E-state index contributed by atoms with van der Waals surface area (Å²) in [5, 5.41) is 9.20. The highest BCUT2D eigenvalue weighted by Gasteiger charge is 2.19. The first-order valence-electron chi connectivity index (χ1n) is 4.02. The van der Waals surface area contributed by atoms with Gasteiger partial charge in [0.25, 0.3) is 0 Å². The summed E-state index contributed by atoms with van der Waals surface area (Å²) in [6.45, 7) is 1.48. The van der Waals surface area contributed by atoms with Crippen molar-refractivity contribution in [2.75, 3.05) is 0 Å². The zero-order chi connectivity index (χ0) is 10.9. The Morgan fingerprint density at radius 3 is 2.50 bits per heavy atom. The van der Waals surface area contributed by atoms with Gasteiger partial charge in [-0.05, 0) is 34.5 Å². The lowest BCUT2D eigenvalue weighted by atomic mass is 10.0. The van der Waals surface area contributed by atoms with Crippen molar-refractivity contribution in [2.24, 2.45) is 5.73 Å². The van der Waals surface area contributed by atoms with Crippen molar-refractivity contribution in [1.29, 1.82) is 0 Å². The van der Waals surface area contributed by atoms with Gasteiger partial charge < -0.3 is 10.8 Å². The first-order chi connectivity index (χ1) is 6.45. The molecule has 0 bridgehead atoms. The van der Waals surface area contributed by atoms with E-state index in [1.54, 1.807) is 0 Å². The normalized spacial score (nSPS) is 15.3. The standard InChI is InChI=1S/C9H10BrF2NO/c1-4(14)9(13)5-2-3-6(11)8(12)7(5)10/h2-4,9,14H,13H2,1H3/t4-,9+/m0/s1. The topological polar surface area (TPSA) is 46.2 Å². The van der Waals surface area contributed by atoms with Crippen molar-refractivity contribution in [3.8, 4) is 0 Å². The molecule has 2 atom stereocenters. The van der Waals surface area contributed by atoms with Crippen LogP contribution in [0.1, 0.15) is 18.5 Å². The molecule has 0 aromatic heterocycles. The van der Waals surface area contributed by atoms with Crippen molar-refractivity contribution < 1.29 is 13.9 Å². The lowest BCUT2D eigenvalue weighted by molar-refractivity contribution is 0.164. The third kappa shape index (κ3) is 2.10. The van der Waals surface area contributed by atoms with Crippen LogP contribution in [-0.4, -0.2) is 11.2 Å². The molecule has 0 saturated heterocycles. The van der Waals surface area contributed by atoms with Gasteiger partial charge in [-0.15, -0.1) is 0 Å². The molecule has 78 valence electrons. The molecule has 1 aromatic carbocycles. The van der Waals surface area contributed by atoms with Crippen molar-refractivity contribution in [2.45, 2.75) is 19.1 Å². The number of nitrogens with two attached hydrogens (primary N) is 1. The molecule has 1 rings (SSSR count). The molecule has 1 aromatic rings. The zero-order valence-corrected chi connectivity index (χ0v) is 9.05. The number of hydrogen-bond acceptors (Lipinski definition) is 2. The minimum atomic E-state index is -0.987. The molecule has 0 aliphatic rings. The van der Waals surface area contributed by atoms with Gasteiger partial charge in [-0.3, -0.25) is 0 Å². The summed E-state index contributed by atoms with van der Waals surface area (Å²) in [4.78, 5) is 0. The molecule has 0 heterocycles. The van der Waals surface area contributed by atoms with E-state index in [0.29, 0.717) is 5.56 Å². The van der Waals surface area contributed by atoms with Crippen LogP contribution in [-0.2, 0) is 0 Å². The van der Waals surface area contributed by atoms with Crippen LogP contribution in [0, 0.1) is 11.6 Å². The molecular weight excluding hydrogens is 256 g/mol. The van der Waals surface area contributed by atoms with E-state index < -0.39 is 23.8 Å². The second-order valence-corrected chi connectivity index (χ2v) is 3.82. The maximum Gasteiger partial charge on any atom is 0.173 e. The van der Waals surface area contributed by atoms with Crippen LogP contribution in [0.3, 0.4) is 0 Å². The maximum atomic E-state index is 13.1. The van der Waals surface area contributed by atoms with E-state index in [-0.39, 0.29) is 4.47 Å². The minimum absolute atomic E-state index is 0.0362. The first-order valence-corrected chi connectivity index (χ1v) is 4.81. The lowest BCUT2D eigenvalue weighted by Gasteiger charge is -2.16. The van der Waals surface area contributed by atoms with Gasteiger partial charge in [-0.2, -0.15) is 0 Å². The van der Waals surface area contributed by atoms with Crippen LogP contribution in [0.5, 0.6) is 0 Å². The fraction of sp³-hybridized carbons (Fsp3) is 0.333. The Labute approximate surface area is 88.9 Å². The van der Waals surface area contributed by atoms with Gasteiger partial charge in [0.1, 0.15) is 0 Å². The molecular formula is C9H10BrF2NO. The van der Waals surface area contributed by atoms with Crippen LogP contribution < -0.4 is 5.73 Å². The quantitative estimate of drug-likeness (QED) is 0.805. The van der Waals surface area contributed by atoms with Crippen LogP contribution in [0.25, 0.3) is 0 Å². The van der Waals surface area contributed by atoms with E-state index in [2.05, 4.69) is 15.9 Å². The van der Waals surface area contributed by atoms with Crippen LogP contribution in [0.4, 0.5) is 8.78 Å². The highest BCUT2D eigenvalue weighted by Crippen LogP contribution is 2.28. The smallest absolute Gasteiger partial charge is 0.173 e. The van der Waals surface area contributed by atoms with Gasteiger partial charge in [0.15, 0.2) is 11.6 Å². The van der Waals surface area contributed by atoms with Crippen molar-refractivity contribution >= 4 is 15.9 Å². The number of aliphatic hydroxyl groups excluding tert-OH is 1. The van der Waals surface area contributed by atoms with Crippen molar-refractivity contribution in [3.63, 3.8) is 0 Å². The Hall–Kier alpha value is -0.520. The molecule has 3 N–H and O–H groups in total. The summed E-state index contributed by atoms with van der Waals surface area (Å²) < 4.78 is 25.7. The van der Waals surface area contributed by atoms with E-state index in [4.69, 9.17) is 5.73 Å². The summed E-state index contributed by atoms with van der Waals surface area (Å²) in [6.07, 6.45) is -0.823. The average Bonchev–Trinajstić information content (AvgIpc) is 2.13. The molecule has 0 amide bonds. The molecule has 0 unspecified atom stereocenters. The van der Waals surface area contributed by atoms with E-state index in [1.807, 2.05) is 0 Å².